The van der Waals surface area contributed by atoms with Crippen LogP contribution in [0.25, 0.3) is 10.2 Å². The van der Waals surface area contributed by atoms with Gasteiger partial charge in [0.25, 0.3) is 5.91 Å². The lowest BCUT2D eigenvalue weighted by Crippen LogP contribution is -2.19. The first-order valence-corrected chi connectivity index (χ1v) is 10.7. The summed E-state index contributed by atoms with van der Waals surface area (Å²) in [6.45, 7) is 0.446. The predicted molar refractivity (Wildman–Crippen MR) is 113 cm³/mol. The molecule has 0 spiro atoms. The van der Waals surface area contributed by atoms with Crippen LogP contribution in [0.4, 0.5) is 10.1 Å². The third-order valence-corrected chi connectivity index (χ3v) is 6.36. The fourth-order valence-electron chi connectivity index (χ4n) is 4.21. The molecule has 1 N–H and O–H groups in total. The highest BCUT2D eigenvalue weighted by Gasteiger charge is 2.25. The van der Waals surface area contributed by atoms with Gasteiger partial charge >= 0.3 is 0 Å². The summed E-state index contributed by atoms with van der Waals surface area (Å²) in [7, 11) is 0. The third-order valence-electron chi connectivity index (χ3n) is 5.51. The van der Waals surface area contributed by atoms with E-state index in [4.69, 9.17) is 0 Å². The molecule has 0 bridgehead atoms. The molecule has 0 unspecified atom stereocenters. The molecule has 5 nitrogen and oxygen atoms in total. The molecule has 1 aromatic carbocycles. The molecule has 1 saturated carbocycles. The van der Waals surface area contributed by atoms with Crippen LogP contribution in [-0.4, -0.2) is 20.3 Å². The molecule has 0 atom stereocenters. The summed E-state index contributed by atoms with van der Waals surface area (Å²) in [5.74, 6) is -0.388. The van der Waals surface area contributed by atoms with E-state index in [2.05, 4.69) is 26.4 Å². The monoisotopic (exact) mass is 408 g/mol. The molecule has 1 fully saturated rings. The van der Waals surface area contributed by atoms with Crippen molar-refractivity contribution in [1.29, 1.82) is 0 Å². The second-order valence-electron chi connectivity index (χ2n) is 7.52. The summed E-state index contributed by atoms with van der Waals surface area (Å²) in [5, 5.41) is 9.35. The van der Waals surface area contributed by atoms with E-state index in [9.17, 15) is 9.18 Å². The Labute approximate surface area is 171 Å². The Kier molecular flexibility index (Phi) is 4.67. The second-order valence-corrected chi connectivity index (χ2v) is 8.47. The van der Waals surface area contributed by atoms with Gasteiger partial charge in [-0.15, -0.1) is 11.3 Å². The highest BCUT2D eigenvalue weighted by molar-refractivity contribution is 7.17. The van der Waals surface area contributed by atoms with Crippen molar-refractivity contribution in [3.8, 4) is 0 Å². The minimum atomic E-state index is -0.268. The van der Waals surface area contributed by atoms with Crippen LogP contribution in [-0.2, 0) is 6.54 Å². The van der Waals surface area contributed by atoms with Gasteiger partial charge in [0.2, 0.25) is 0 Å². The molecule has 4 aromatic rings. The van der Waals surface area contributed by atoms with Gasteiger partial charge in [0, 0.05) is 12.2 Å². The first-order chi connectivity index (χ1) is 14.2. The number of halogens is 1. The maximum absolute atomic E-state index is 13.4. The number of hydrogen-bond acceptors (Lipinski definition) is 3. The van der Waals surface area contributed by atoms with Gasteiger partial charge in [-0.1, -0.05) is 25.0 Å². The van der Waals surface area contributed by atoms with E-state index in [1.807, 2.05) is 12.1 Å². The van der Waals surface area contributed by atoms with Crippen molar-refractivity contribution in [3.63, 3.8) is 0 Å². The van der Waals surface area contributed by atoms with Crippen molar-refractivity contribution in [2.45, 2.75) is 38.3 Å². The Morgan fingerprint density at radius 1 is 1.24 bits per heavy atom. The Balaban J connectivity index is 1.36. The third kappa shape index (κ3) is 3.58. The van der Waals surface area contributed by atoms with Crippen LogP contribution >= 0.6 is 11.3 Å². The van der Waals surface area contributed by atoms with Crippen LogP contribution in [0, 0.1) is 5.82 Å². The normalized spacial score (nSPS) is 14.7. The molecule has 29 heavy (non-hydrogen) atoms. The second kappa shape index (κ2) is 7.48. The number of nitrogens with one attached hydrogen (secondary N) is 1. The number of fused-ring (bicyclic) bond motifs is 1. The van der Waals surface area contributed by atoms with Crippen molar-refractivity contribution in [1.82, 2.24) is 14.3 Å². The predicted octanol–water partition coefficient (Wildman–Crippen LogP) is 5.45. The van der Waals surface area contributed by atoms with Gasteiger partial charge < -0.3 is 9.88 Å². The van der Waals surface area contributed by atoms with Crippen molar-refractivity contribution in [3.05, 3.63) is 71.2 Å². The minimum Gasteiger partial charge on any atom is -0.333 e. The highest BCUT2D eigenvalue weighted by Crippen LogP contribution is 2.36. The van der Waals surface area contributed by atoms with E-state index in [0.29, 0.717) is 24.0 Å². The quantitative estimate of drug-likeness (QED) is 0.477. The number of rotatable bonds is 5. The molecule has 3 heterocycles. The van der Waals surface area contributed by atoms with Crippen LogP contribution < -0.4 is 5.32 Å². The lowest BCUT2D eigenvalue weighted by Gasteiger charge is -2.16. The van der Waals surface area contributed by atoms with Crippen LogP contribution in [0.3, 0.4) is 0 Å². The summed E-state index contributed by atoms with van der Waals surface area (Å²) >= 11 is 1.66. The van der Waals surface area contributed by atoms with Crippen molar-refractivity contribution >= 4 is 33.1 Å². The maximum atomic E-state index is 13.4. The van der Waals surface area contributed by atoms with E-state index < -0.39 is 0 Å². The lowest BCUT2D eigenvalue weighted by molar-refractivity contribution is 0.101. The van der Waals surface area contributed by atoms with Gasteiger partial charge in [0.05, 0.1) is 28.6 Å². The Bertz CT molecular complexity index is 1170. The number of nitrogens with zero attached hydrogens (tertiary/aromatic N) is 3. The highest BCUT2D eigenvalue weighted by atomic mass is 32.1. The number of hydrogen-bond donors (Lipinski definition) is 1. The van der Waals surface area contributed by atoms with E-state index in [-0.39, 0.29) is 11.7 Å². The van der Waals surface area contributed by atoms with Crippen molar-refractivity contribution < 1.29 is 9.18 Å². The SMILES string of the molecule is O=C(Nc1cnn(Cc2cccc(F)c2)c1)c1cc2sccc2n1C1CCCC1. The number of amides is 1. The molecule has 3 aromatic heterocycles. The topological polar surface area (TPSA) is 51.9 Å². The molecule has 148 valence electrons. The lowest BCUT2D eigenvalue weighted by atomic mass is 10.2. The maximum Gasteiger partial charge on any atom is 0.272 e. The van der Waals surface area contributed by atoms with Gasteiger partial charge in [-0.05, 0) is 48.1 Å². The van der Waals surface area contributed by atoms with Crippen molar-refractivity contribution in [2.24, 2.45) is 0 Å². The number of benzene rings is 1. The smallest absolute Gasteiger partial charge is 0.272 e. The van der Waals surface area contributed by atoms with E-state index in [0.717, 1.165) is 28.6 Å². The number of thiophene rings is 1. The van der Waals surface area contributed by atoms with Crippen LogP contribution in [0.2, 0.25) is 0 Å². The van der Waals surface area contributed by atoms with Gasteiger partial charge in [-0.25, -0.2) is 4.39 Å². The molecule has 0 saturated heterocycles. The number of carbonyl (C=O) groups excluding carboxylic acids is 1. The van der Waals surface area contributed by atoms with E-state index in [1.54, 1.807) is 34.5 Å². The largest absolute Gasteiger partial charge is 0.333 e. The summed E-state index contributed by atoms with van der Waals surface area (Å²) < 4.78 is 18.4. The number of aromatic nitrogens is 3. The zero-order valence-corrected chi connectivity index (χ0v) is 16.7. The van der Waals surface area contributed by atoms with Crippen LogP contribution in [0.5, 0.6) is 0 Å². The zero-order chi connectivity index (χ0) is 19.8. The number of anilines is 1. The van der Waals surface area contributed by atoms with E-state index in [1.165, 1.54) is 25.0 Å². The average molecular weight is 409 g/mol. The molecule has 5 rings (SSSR count). The summed E-state index contributed by atoms with van der Waals surface area (Å²) in [5.41, 5.74) is 3.31. The minimum absolute atomic E-state index is 0.120. The van der Waals surface area contributed by atoms with E-state index >= 15 is 0 Å². The molecule has 1 aliphatic carbocycles. The Hall–Kier alpha value is -2.93. The van der Waals surface area contributed by atoms with Crippen molar-refractivity contribution in [2.75, 3.05) is 5.32 Å². The summed E-state index contributed by atoms with van der Waals surface area (Å²) in [6.07, 6.45) is 8.05. The zero-order valence-electron chi connectivity index (χ0n) is 15.8. The van der Waals surface area contributed by atoms with Crippen LogP contribution in [0.15, 0.2) is 54.2 Å². The fourth-order valence-corrected chi connectivity index (χ4v) is 5.02. The fraction of sp³-hybridized carbons (Fsp3) is 0.273. The Morgan fingerprint density at radius 3 is 2.93 bits per heavy atom. The molecule has 0 aliphatic heterocycles. The molecule has 1 amide bonds. The first-order valence-electron chi connectivity index (χ1n) is 9.84. The Morgan fingerprint density at radius 2 is 2.10 bits per heavy atom. The molecular formula is C22H21FN4OS. The number of carbonyl (C=O) groups is 1. The molecular weight excluding hydrogens is 387 g/mol. The standard InChI is InChI=1S/C22H21FN4OS/c23-16-5-3-4-15(10-16)13-26-14-17(12-24-26)25-22(28)20-11-21-19(8-9-29-21)27(20)18-6-1-2-7-18/h3-5,8-12,14,18H,1-2,6-7,13H2,(H,25,28). The van der Waals surface area contributed by atoms with Crippen LogP contribution in [0.1, 0.15) is 47.8 Å². The van der Waals surface area contributed by atoms with Gasteiger partial charge in [0.1, 0.15) is 11.5 Å². The molecule has 7 heteroatoms. The van der Waals surface area contributed by atoms with Gasteiger partial charge in [-0.2, -0.15) is 5.10 Å². The first kappa shape index (κ1) is 18.1. The summed E-state index contributed by atoms with van der Waals surface area (Å²) in [4.78, 5) is 13.1. The summed E-state index contributed by atoms with van der Waals surface area (Å²) in [6, 6.07) is 10.9. The van der Waals surface area contributed by atoms with Gasteiger partial charge in [0.15, 0.2) is 0 Å². The molecule has 1 aliphatic rings. The molecule has 0 radical (unpaired) electrons. The average Bonchev–Trinajstić information content (AvgIpc) is 3.46. The van der Waals surface area contributed by atoms with Gasteiger partial charge in [-0.3, -0.25) is 9.48 Å².